The zero-order chi connectivity index (χ0) is 19.9. The van der Waals surface area contributed by atoms with Crippen molar-refractivity contribution in [1.29, 1.82) is 0 Å². The minimum absolute atomic E-state index is 0.0682. The van der Waals surface area contributed by atoms with E-state index in [4.69, 9.17) is 0 Å². The second kappa shape index (κ2) is 9.52. The van der Waals surface area contributed by atoms with E-state index in [-0.39, 0.29) is 5.91 Å². The van der Waals surface area contributed by atoms with Gasteiger partial charge in [-0.3, -0.25) is 9.69 Å². The molecule has 1 aromatic heterocycles. The monoisotopic (exact) mass is 388 g/mol. The third-order valence-electron chi connectivity index (χ3n) is 5.42. The van der Waals surface area contributed by atoms with Crippen LogP contribution in [0.2, 0.25) is 0 Å². The molecule has 1 fully saturated rings. The first kappa shape index (κ1) is 19.4. The summed E-state index contributed by atoms with van der Waals surface area (Å²) in [5.41, 5.74) is 4.57. The Morgan fingerprint density at radius 3 is 2.41 bits per heavy atom. The molecule has 1 saturated heterocycles. The van der Waals surface area contributed by atoms with Gasteiger partial charge in [0.15, 0.2) is 0 Å². The van der Waals surface area contributed by atoms with E-state index in [0.717, 1.165) is 23.4 Å². The fourth-order valence-electron chi connectivity index (χ4n) is 3.72. The normalized spacial score (nSPS) is 14.2. The first-order valence-electron chi connectivity index (χ1n) is 10.4. The number of carbonyl (C=O) groups is 1. The Balaban J connectivity index is 1.20. The van der Waals surface area contributed by atoms with Crippen LogP contribution in [0.25, 0.3) is 5.69 Å². The van der Waals surface area contributed by atoms with Gasteiger partial charge < -0.3 is 5.32 Å². The molecule has 0 aliphatic carbocycles. The highest BCUT2D eigenvalue weighted by Crippen LogP contribution is 2.13. The molecule has 1 aliphatic rings. The average Bonchev–Trinajstić information content (AvgIpc) is 3.45. The number of benzene rings is 2. The van der Waals surface area contributed by atoms with Crippen LogP contribution >= 0.6 is 0 Å². The van der Waals surface area contributed by atoms with Crippen molar-refractivity contribution in [3.63, 3.8) is 0 Å². The molecule has 0 spiro atoms. The molecule has 5 heteroatoms. The lowest BCUT2D eigenvalue weighted by Crippen LogP contribution is -2.23. The van der Waals surface area contributed by atoms with Crippen LogP contribution in [0.4, 0.5) is 0 Å². The summed E-state index contributed by atoms with van der Waals surface area (Å²) in [6.07, 6.45) is 7.61. The number of likely N-dealkylation sites (tertiary alicyclic amines) is 1. The van der Waals surface area contributed by atoms with Crippen molar-refractivity contribution in [2.75, 3.05) is 13.1 Å². The molecule has 0 unspecified atom stereocenters. The Morgan fingerprint density at radius 1 is 0.931 bits per heavy atom. The molecule has 4 rings (SSSR count). The third-order valence-corrected chi connectivity index (χ3v) is 5.42. The molecule has 0 atom stereocenters. The molecule has 2 aromatic carbocycles. The standard InChI is InChI=1S/C24H28N4O/c29-24(13-12-22-17-26-28(19-22)23-6-2-1-3-7-23)25-16-20-8-10-21(11-9-20)18-27-14-4-5-15-27/h1-3,6-11,17,19H,4-5,12-16,18H2,(H,25,29). The average molecular weight is 389 g/mol. The van der Waals surface area contributed by atoms with Crippen LogP contribution in [0.15, 0.2) is 67.0 Å². The highest BCUT2D eigenvalue weighted by molar-refractivity contribution is 5.76. The van der Waals surface area contributed by atoms with Crippen molar-refractivity contribution < 1.29 is 4.79 Å². The van der Waals surface area contributed by atoms with Gasteiger partial charge in [-0.2, -0.15) is 5.10 Å². The molecule has 0 radical (unpaired) electrons. The SMILES string of the molecule is O=C(CCc1cnn(-c2ccccc2)c1)NCc1ccc(CN2CCCC2)cc1. The van der Waals surface area contributed by atoms with Crippen molar-refractivity contribution in [1.82, 2.24) is 20.0 Å². The Hall–Kier alpha value is -2.92. The van der Waals surface area contributed by atoms with E-state index in [2.05, 4.69) is 39.6 Å². The largest absolute Gasteiger partial charge is 0.352 e. The molecule has 2 heterocycles. The number of para-hydroxylation sites is 1. The number of nitrogens with one attached hydrogen (secondary N) is 1. The zero-order valence-corrected chi connectivity index (χ0v) is 16.8. The molecule has 1 amide bonds. The van der Waals surface area contributed by atoms with Crippen molar-refractivity contribution >= 4 is 5.91 Å². The minimum Gasteiger partial charge on any atom is -0.352 e. The number of nitrogens with zero attached hydrogens (tertiary/aromatic N) is 3. The Labute approximate surface area is 172 Å². The summed E-state index contributed by atoms with van der Waals surface area (Å²) in [5, 5.41) is 7.41. The predicted octanol–water partition coefficient (Wildman–Crippen LogP) is 3.72. The summed E-state index contributed by atoms with van der Waals surface area (Å²) >= 11 is 0. The van der Waals surface area contributed by atoms with Crippen LogP contribution in [0.5, 0.6) is 0 Å². The van der Waals surface area contributed by atoms with Crippen LogP contribution in [0.3, 0.4) is 0 Å². The lowest BCUT2D eigenvalue weighted by molar-refractivity contribution is -0.121. The van der Waals surface area contributed by atoms with Crippen LogP contribution in [0, 0.1) is 0 Å². The number of aromatic nitrogens is 2. The van der Waals surface area contributed by atoms with E-state index >= 15 is 0 Å². The lowest BCUT2D eigenvalue weighted by Gasteiger charge is -2.14. The van der Waals surface area contributed by atoms with Crippen LogP contribution in [-0.2, 0) is 24.3 Å². The smallest absolute Gasteiger partial charge is 0.220 e. The molecular weight excluding hydrogens is 360 g/mol. The Kier molecular flexibility index (Phi) is 6.37. The van der Waals surface area contributed by atoms with Crippen LogP contribution in [0.1, 0.15) is 36.0 Å². The first-order chi connectivity index (χ1) is 14.3. The second-order valence-corrected chi connectivity index (χ2v) is 7.71. The maximum absolute atomic E-state index is 12.2. The molecule has 0 saturated carbocycles. The number of amides is 1. The van der Waals surface area contributed by atoms with E-state index in [1.165, 1.54) is 31.5 Å². The summed E-state index contributed by atoms with van der Waals surface area (Å²) in [4.78, 5) is 14.7. The molecule has 5 nitrogen and oxygen atoms in total. The van der Waals surface area contributed by atoms with E-state index in [1.807, 2.05) is 47.4 Å². The predicted molar refractivity (Wildman–Crippen MR) is 115 cm³/mol. The van der Waals surface area contributed by atoms with Gasteiger partial charge in [0.2, 0.25) is 5.91 Å². The van der Waals surface area contributed by atoms with Crippen molar-refractivity contribution in [3.8, 4) is 5.69 Å². The molecule has 1 N–H and O–H groups in total. The minimum atomic E-state index is 0.0682. The van der Waals surface area contributed by atoms with Gasteiger partial charge >= 0.3 is 0 Å². The third kappa shape index (κ3) is 5.55. The topological polar surface area (TPSA) is 50.2 Å². The summed E-state index contributed by atoms with van der Waals surface area (Å²) < 4.78 is 1.84. The molecular formula is C24H28N4O. The van der Waals surface area contributed by atoms with Crippen molar-refractivity contribution in [3.05, 3.63) is 83.7 Å². The van der Waals surface area contributed by atoms with E-state index in [1.54, 1.807) is 0 Å². The summed E-state index contributed by atoms with van der Waals surface area (Å²) in [6.45, 7) is 4.03. The van der Waals surface area contributed by atoms with E-state index in [0.29, 0.717) is 19.4 Å². The fourth-order valence-corrected chi connectivity index (χ4v) is 3.72. The number of aryl methyl sites for hydroxylation is 1. The van der Waals surface area contributed by atoms with Gasteiger partial charge in [-0.15, -0.1) is 0 Å². The summed E-state index contributed by atoms with van der Waals surface area (Å²) in [7, 11) is 0. The van der Waals surface area contributed by atoms with Crippen molar-refractivity contribution in [2.45, 2.75) is 38.8 Å². The van der Waals surface area contributed by atoms with Gasteiger partial charge in [-0.05, 0) is 61.2 Å². The number of carbonyl (C=O) groups excluding carboxylic acids is 1. The Morgan fingerprint density at radius 2 is 1.66 bits per heavy atom. The van der Waals surface area contributed by atoms with Gasteiger partial charge in [0, 0.05) is 25.7 Å². The maximum Gasteiger partial charge on any atom is 0.220 e. The maximum atomic E-state index is 12.2. The Bertz CT molecular complexity index is 912. The second-order valence-electron chi connectivity index (χ2n) is 7.71. The van der Waals surface area contributed by atoms with Crippen LogP contribution in [-0.4, -0.2) is 33.7 Å². The summed E-state index contributed by atoms with van der Waals surface area (Å²) in [6, 6.07) is 18.6. The summed E-state index contributed by atoms with van der Waals surface area (Å²) in [5.74, 6) is 0.0682. The van der Waals surface area contributed by atoms with Crippen molar-refractivity contribution in [2.24, 2.45) is 0 Å². The molecule has 3 aromatic rings. The van der Waals surface area contributed by atoms with Gasteiger partial charge in [0.05, 0.1) is 11.9 Å². The molecule has 1 aliphatic heterocycles. The fraction of sp³-hybridized carbons (Fsp3) is 0.333. The molecule has 29 heavy (non-hydrogen) atoms. The number of hydrogen-bond acceptors (Lipinski definition) is 3. The number of hydrogen-bond donors (Lipinski definition) is 1. The first-order valence-corrected chi connectivity index (χ1v) is 10.4. The number of rotatable bonds is 8. The van der Waals surface area contributed by atoms with Gasteiger partial charge in [-0.1, -0.05) is 42.5 Å². The van der Waals surface area contributed by atoms with E-state index in [9.17, 15) is 4.79 Å². The highest BCUT2D eigenvalue weighted by atomic mass is 16.1. The van der Waals surface area contributed by atoms with Gasteiger partial charge in [-0.25, -0.2) is 4.68 Å². The van der Waals surface area contributed by atoms with Crippen LogP contribution < -0.4 is 5.32 Å². The van der Waals surface area contributed by atoms with Gasteiger partial charge in [0.25, 0.3) is 0 Å². The zero-order valence-electron chi connectivity index (χ0n) is 16.8. The highest BCUT2D eigenvalue weighted by Gasteiger charge is 2.11. The van der Waals surface area contributed by atoms with E-state index < -0.39 is 0 Å². The lowest BCUT2D eigenvalue weighted by atomic mass is 10.1. The molecule has 0 bridgehead atoms. The quantitative estimate of drug-likeness (QED) is 0.640. The molecule has 150 valence electrons. The van der Waals surface area contributed by atoms with Gasteiger partial charge in [0.1, 0.15) is 0 Å².